The summed E-state index contributed by atoms with van der Waals surface area (Å²) in [5, 5.41) is 2.94. The van der Waals surface area contributed by atoms with Crippen molar-refractivity contribution < 1.29 is 9.53 Å². The molecule has 0 spiro atoms. The van der Waals surface area contributed by atoms with Crippen LogP contribution in [0.15, 0.2) is 23.6 Å². The SMILES string of the molecule is CCC(C)N(Cc1csc(COc2cc(C)cc(C)c2)n1)C(C)=O. The van der Waals surface area contributed by atoms with Gasteiger partial charge in [0.05, 0.1) is 12.2 Å². The second kappa shape index (κ2) is 8.29. The molecule has 1 aromatic carbocycles. The molecule has 2 aromatic rings. The first kappa shape index (κ1) is 18.5. The molecule has 5 heteroatoms. The molecule has 0 saturated carbocycles. The average molecular weight is 346 g/mol. The van der Waals surface area contributed by atoms with Crippen LogP contribution in [0.4, 0.5) is 0 Å². The Morgan fingerprint density at radius 3 is 2.54 bits per heavy atom. The van der Waals surface area contributed by atoms with E-state index in [0.717, 1.165) is 22.9 Å². The van der Waals surface area contributed by atoms with Crippen LogP contribution in [-0.2, 0) is 17.9 Å². The molecule has 0 radical (unpaired) electrons. The second-order valence-corrected chi connectivity index (χ2v) is 7.19. The summed E-state index contributed by atoms with van der Waals surface area (Å²) in [5.41, 5.74) is 3.31. The first-order valence-corrected chi connectivity index (χ1v) is 9.18. The van der Waals surface area contributed by atoms with Gasteiger partial charge < -0.3 is 9.64 Å². The van der Waals surface area contributed by atoms with Crippen molar-refractivity contribution in [2.75, 3.05) is 0 Å². The summed E-state index contributed by atoms with van der Waals surface area (Å²) >= 11 is 1.58. The Morgan fingerprint density at radius 1 is 1.29 bits per heavy atom. The van der Waals surface area contributed by atoms with E-state index in [0.29, 0.717) is 13.2 Å². The maximum absolute atomic E-state index is 11.8. The van der Waals surface area contributed by atoms with Crippen molar-refractivity contribution in [1.29, 1.82) is 0 Å². The Labute approximate surface area is 148 Å². The molecule has 1 unspecified atom stereocenters. The van der Waals surface area contributed by atoms with Crippen molar-refractivity contribution in [3.63, 3.8) is 0 Å². The summed E-state index contributed by atoms with van der Waals surface area (Å²) in [6, 6.07) is 6.41. The Hall–Kier alpha value is -1.88. The number of rotatable bonds is 7. The Morgan fingerprint density at radius 2 is 1.96 bits per heavy atom. The van der Waals surface area contributed by atoms with Crippen molar-refractivity contribution in [2.24, 2.45) is 0 Å². The lowest BCUT2D eigenvalue weighted by atomic mass is 10.1. The van der Waals surface area contributed by atoms with Gasteiger partial charge in [0.25, 0.3) is 0 Å². The Balaban J connectivity index is 1.98. The van der Waals surface area contributed by atoms with E-state index < -0.39 is 0 Å². The Bertz CT molecular complexity index is 676. The molecule has 0 fully saturated rings. The molecule has 0 saturated heterocycles. The number of benzene rings is 1. The molecular weight excluding hydrogens is 320 g/mol. The normalized spacial score (nSPS) is 12.0. The van der Waals surface area contributed by atoms with Gasteiger partial charge in [-0.15, -0.1) is 11.3 Å². The predicted molar refractivity (Wildman–Crippen MR) is 98.3 cm³/mol. The van der Waals surface area contributed by atoms with Crippen molar-refractivity contribution in [3.8, 4) is 5.75 Å². The van der Waals surface area contributed by atoms with E-state index in [-0.39, 0.29) is 11.9 Å². The highest BCUT2D eigenvalue weighted by molar-refractivity contribution is 7.09. The highest BCUT2D eigenvalue weighted by atomic mass is 32.1. The van der Waals surface area contributed by atoms with Crippen LogP contribution < -0.4 is 4.74 Å². The molecule has 1 amide bonds. The number of carbonyl (C=O) groups is 1. The van der Waals surface area contributed by atoms with Gasteiger partial charge in [-0.2, -0.15) is 0 Å². The fraction of sp³-hybridized carbons (Fsp3) is 0.474. The molecule has 2 rings (SSSR count). The highest BCUT2D eigenvalue weighted by Gasteiger charge is 2.17. The third kappa shape index (κ3) is 5.06. The first-order valence-electron chi connectivity index (χ1n) is 8.30. The van der Waals surface area contributed by atoms with Gasteiger partial charge in [-0.3, -0.25) is 4.79 Å². The van der Waals surface area contributed by atoms with E-state index >= 15 is 0 Å². The van der Waals surface area contributed by atoms with E-state index in [2.05, 4.69) is 38.7 Å². The number of amides is 1. The summed E-state index contributed by atoms with van der Waals surface area (Å²) in [7, 11) is 0. The summed E-state index contributed by atoms with van der Waals surface area (Å²) in [5.74, 6) is 0.958. The number of thiazole rings is 1. The minimum Gasteiger partial charge on any atom is -0.486 e. The topological polar surface area (TPSA) is 42.4 Å². The molecular formula is C19H26N2O2S. The Kier molecular flexibility index (Phi) is 6.37. The van der Waals surface area contributed by atoms with Crippen LogP contribution in [0.5, 0.6) is 5.75 Å². The molecule has 0 N–H and O–H groups in total. The minimum absolute atomic E-state index is 0.0883. The number of aryl methyl sites for hydroxylation is 2. The van der Waals surface area contributed by atoms with Gasteiger partial charge >= 0.3 is 0 Å². The number of nitrogens with zero attached hydrogens (tertiary/aromatic N) is 2. The number of carbonyl (C=O) groups excluding carboxylic acids is 1. The van der Waals surface area contributed by atoms with E-state index in [1.54, 1.807) is 18.3 Å². The third-order valence-corrected chi connectivity index (χ3v) is 4.89. The lowest BCUT2D eigenvalue weighted by molar-refractivity contribution is -0.131. The smallest absolute Gasteiger partial charge is 0.220 e. The maximum Gasteiger partial charge on any atom is 0.220 e. The van der Waals surface area contributed by atoms with Crippen LogP contribution in [0.2, 0.25) is 0 Å². The molecule has 0 bridgehead atoms. The van der Waals surface area contributed by atoms with Gasteiger partial charge in [-0.1, -0.05) is 13.0 Å². The molecule has 4 nitrogen and oxygen atoms in total. The predicted octanol–water partition coefficient (Wildman–Crippen LogP) is 4.49. The maximum atomic E-state index is 11.8. The molecule has 1 atom stereocenters. The summed E-state index contributed by atoms with van der Waals surface area (Å²) in [4.78, 5) is 18.3. The van der Waals surface area contributed by atoms with Crippen molar-refractivity contribution in [2.45, 2.75) is 60.2 Å². The molecule has 0 aliphatic rings. The number of hydrogen-bond donors (Lipinski definition) is 0. The lowest BCUT2D eigenvalue weighted by Crippen LogP contribution is -2.36. The summed E-state index contributed by atoms with van der Waals surface area (Å²) in [6.45, 7) is 10.9. The van der Waals surface area contributed by atoms with E-state index in [4.69, 9.17) is 4.74 Å². The van der Waals surface area contributed by atoms with Crippen molar-refractivity contribution >= 4 is 17.2 Å². The van der Waals surface area contributed by atoms with Crippen LogP contribution in [0.25, 0.3) is 0 Å². The number of aromatic nitrogens is 1. The van der Waals surface area contributed by atoms with Crippen LogP contribution in [0.1, 0.15) is 49.0 Å². The zero-order valence-corrected chi connectivity index (χ0v) is 15.9. The van der Waals surface area contributed by atoms with Gasteiger partial charge in [0.1, 0.15) is 17.4 Å². The van der Waals surface area contributed by atoms with Gasteiger partial charge in [0.15, 0.2) is 0 Å². The van der Waals surface area contributed by atoms with E-state index in [1.807, 2.05) is 22.4 Å². The quantitative estimate of drug-likeness (QED) is 0.742. The lowest BCUT2D eigenvalue weighted by Gasteiger charge is -2.26. The largest absolute Gasteiger partial charge is 0.486 e. The van der Waals surface area contributed by atoms with Crippen molar-refractivity contribution in [1.82, 2.24) is 9.88 Å². The van der Waals surface area contributed by atoms with Gasteiger partial charge in [0.2, 0.25) is 5.91 Å². The third-order valence-electron chi connectivity index (χ3n) is 4.02. The zero-order chi connectivity index (χ0) is 17.7. The first-order chi connectivity index (χ1) is 11.4. The van der Waals surface area contributed by atoms with Crippen molar-refractivity contribution in [3.05, 3.63) is 45.4 Å². The summed E-state index contributed by atoms with van der Waals surface area (Å²) in [6.07, 6.45) is 0.937. The number of ether oxygens (including phenoxy) is 1. The number of hydrogen-bond acceptors (Lipinski definition) is 4. The monoisotopic (exact) mass is 346 g/mol. The molecule has 0 aliphatic heterocycles. The van der Waals surface area contributed by atoms with Gasteiger partial charge in [-0.25, -0.2) is 4.98 Å². The molecule has 130 valence electrons. The van der Waals surface area contributed by atoms with Crippen LogP contribution in [0, 0.1) is 13.8 Å². The molecule has 24 heavy (non-hydrogen) atoms. The standard InChI is InChI=1S/C19H26N2O2S/c1-6-15(4)21(16(5)22)10-17-12-24-19(20-17)11-23-18-8-13(2)7-14(3)9-18/h7-9,12,15H,6,10-11H2,1-5H3. The van der Waals surface area contributed by atoms with E-state index in [9.17, 15) is 4.79 Å². The summed E-state index contributed by atoms with van der Waals surface area (Å²) < 4.78 is 5.86. The van der Waals surface area contributed by atoms with Crippen LogP contribution >= 0.6 is 11.3 Å². The minimum atomic E-state index is 0.0883. The molecule has 1 heterocycles. The molecule has 0 aliphatic carbocycles. The van der Waals surface area contributed by atoms with Crippen LogP contribution in [-0.4, -0.2) is 21.8 Å². The highest BCUT2D eigenvalue weighted by Crippen LogP contribution is 2.20. The van der Waals surface area contributed by atoms with E-state index in [1.165, 1.54) is 11.1 Å². The average Bonchev–Trinajstić information content (AvgIpc) is 2.96. The van der Waals surface area contributed by atoms with Crippen LogP contribution in [0.3, 0.4) is 0 Å². The molecule has 1 aromatic heterocycles. The fourth-order valence-electron chi connectivity index (χ4n) is 2.62. The van der Waals surface area contributed by atoms with Gasteiger partial charge in [-0.05, 0) is 50.5 Å². The van der Waals surface area contributed by atoms with Gasteiger partial charge in [0, 0.05) is 18.3 Å². The fourth-order valence-corrected chi connectivity index (χ4v) is 3.32. The second-order valence-electron chi connectivity index (χ2n) is 6.25. The zero-order valence-electron chi connectivity index (χ0n) is 15.1.